The Bertz CT molecular complexity index is 894. The molecular formula is C19H16ClN3O2. The zero-order valence-electron chi connectivity index (χ0n) is 13.4. The van der Waals surface area contributed by atoms with E-state index in [-0.39, 0.29) is 11.9 Å². The Balaban J connectivity index is 1.59. The van der Waals surface area contributed by atoms with E-state index in [0.29, 0.717) is 23.0 Å². The van der Waals surface area contributed by atoms with Gasteiger partial charge in [0, 0.05) is 35.6 Å². The fourth-order valence-electron chi connectivity index (χ4n) is 3.24. The second kappa shape index (κ2) is 6.69. The molecule has 1 atom stereocenters. The zero-order chi connectivity index (χ0) is 17.2. The molecule has 0 spiro atoms. The molecule has 0 saturated carbocycles. The summed E-state index contributed by atoms with van der Waals surface area (Å²) in [6, 6.07) is 13.0. The predicted octanol–water partition coefficient (Wildman–Crippen LogP) is 4.37. The van der Waals surface area contributed by atoms with E-state index in [2.05, 4.69) is 10.1 Å². The molecule has 1 aliphatic rings. The van der Waals surface area contributed by atoms with Crippen LogP contribution in [-0.2, 0) is 0 Å². The van der Waals surface area contributed by atoms with Crippen LogP contribution in [0.4, 0.5) is 0 Å². The molecule has 0 aliphatic carbocycles. The predicted molar refractivity (Wildman–Crippen MR) is 94.2 cm³/mol. The van der Waals surface area contributed by atoms with Crippen LogP contribution in [0.15, 0.2) is 59.4 Å². The summed E-state index contributed by atoms with van der Waals surface area (Å²) < 4.78 is 5.33. The van der Waals surface area contributed by atoms with E-state index in [1.807, 2.05) is 41.3 Å². The first-order valence-electron chi connectivity index (χ1n) is 8.16. The number of rotatable bonds is 3. The van der Waals surface area contributed by atoms with Crippen LogP contribution in [0.2, 0.25) is 5.02 Å². The third-order valence-corrected chi connectivity index (χ3v) is 4.66. The van der Waals surface area contributed by atoms with E-state index < -0.39 is 0 Å². The summed E-state index contributed by atoms with van der Waals surface area (Å²) in [5.74, 6) is 0.413. The van der Waals surface area contributed by atoms with E-state index in [9.17, 15) is 4.79 Å². The fraction of sp³-hybridized carbons (Fsp3) is 0.211. The van der Waals surface area contributed by atoms with Crippen LogP contribution in [0.5, 0.6) is 0 Å². The maximum absolute atomic E-state index is 12.9. The van der Waals surface area contributed by atoms with Crippen molar-refractivity contribution in [3.05, 3.63) is 71.1 Å². The van der Waals surface area contributed by atoms with Crippen molar-refractivity contribution in [2.45, 2.75) is 18.9 Å². The Kier molecular flexibility index (Phi) is 4.24. The molecule has 0 bridgehead atoms. The lowest BCUT2D eigenvalue weighted by molar-refractivity contribution is 0.0725. The molecule has 1 fully saturated rings. The lowest BCUT2D eigenvalue weighted by atomic mass is 10.0. The van der Waals surface area contributed by atoms with E-state index in [1.54, 1.807) is 18.5 Å². The average Bonchev–Trinajstić information content (AvgIpc) is 3.32. The van der Waals surface area contributed by atoms with Gasteiger partial charge in [0.15, 0.2) is 11.5 Å². The van der Waals surface area contributed by atoms with E-state index in [1.165, 1.54) is 0 Å². The maximum Gasteiger partial charge on any atom is 0.276 e. The van der Waals surface area contributed by atoms with E-state index in [0.717, 1.165) is 24.0 Å². The third-order valence-electron chi connectivity index (χ3n) is 4.42. The second-order valence-electron chi connectivity index (χ2n) is 6.03. The topological polar surface area (TPSA) is 59.2 Å². The van der Waals surface area contributed by atoms with Crippen LogP contribution >= 0.6 is 11.6 Å². The quantitative estimate of drug-likeness (QED) is 0.701. The smallest absolute Gasteiger partial charge is 0.276 e. The van der Waals surface area contributed by atoms with Crippen LogP contribution < -0.4 is 0 Å². The number of hydrogen-bond donors (Lipinski definition) is 0. The Hall–Kier alpha value is -2.66. The number of hydrogen-bond acceptors (Lipinski definition) is 4. The molecule has 1 aromatic carbocycles. The van der Waals surface area contributed by atoms with Gasteiger partial charge in [-0.25, -0.2) is 0 Å². The van der Waals surface area contributed by atoms with Crippen LogP contribution in [0.3, 0.4) is 0 Å². The molecule has 0 radical (unpaired) electrons. The van der Waals surface area contributed by atoms with Gasteiger partial charge in [0.2, 0.25) is 0 Å². The summed E-state index contributed by atoms with van der Waals surface area (Å²) in [6.45, 7) is 0.700. The molecule has 4 rings (SSSR count). The third kappa shape index (κ3) is 3.15. The summed E-state index contributed by atoms with van der Waals surface area (Å²) in [4.78, 5) is 18.8. The van der Waals surface area contributed by atoms with Gasteiger partial charge in [-0.05, 0) is 42.7 Å². The van der Waals surface area contributed by atoms with Gasteiger partial charge in [-0.1, -0.05) is 28.9 Å². The van der Waals surface area contributed by atoms with Crippen LogP contribution in [0.25, 0.3) is 11.3 Å². The summed E-state index contributed by atoms with van der Waals surface area (Å²) in [5.41, 5.74) is 2.16. The Morgan fingerprint density at radius 1 is 1.24 bits per heavy atom. The Morgan fingerprint density at radius 2 is 2.16 bits per heavy atom. The SMILES string of the molecule is O=C(c1cc(-c2cccnc2)on1)N1CCCC1c1cccc(Cl)c1. The minimum atomic E-state index is -0.124. The van der Waals surface area contributed by atoms with Crippen LogP contribution in [0.1, 0.15) is 34.9 Å². The number of likely N-dealkylation sites (tertiary alicyclic amines) is 1. The van der Waals surface area contributed by atoms with E-state index >= 15 is 0 Å². The zero-order valence-corrected chi connectivity index (χ0v) is 14.2. The summed E-state index contributed by atoms with van der Waals surface area (Å²) in [7, 11) is 0. The van der Waals surface area contributed by atoms with Gasteiger partial charge in [0.25, 0.3) is 5.91 Å². The molecule has 5 nitrogen and oxygen atoms in total. The minimum Gasteiger partial charge on any atom is -0.355 e. The molecule has 1 amide bonds. The number of amides is 1. The molecule has 3 heterocycles. The molecule has 1 aliphatic heterocycles. The molecule has 1 saturated heterocycles. The number of carbonyl (C=O) groups excluding carboxylic acids is 1. The monoisotopic (exact) mass is 353 g/mol. The van der Waals surface area contributed by atoms with E-state index in [4.69, 9.17) is 16.1 Å². The Morgan fingerprint density at radius 3 is 2.96 bits per heavy atom. The molecule has 3 aromatic rings. The lowest BCUT2D eigenvalue weighted by Crippen LogP contribution is -2.30. The van der Waals surface area contributed by atoms with Gasteiger partial charge in [0.05, 0.1) is 6.04 Å². The normalized spacial score (nSPS) is 17.0. The second-order valence-corrected chi connectivity index (χ2v) is 6.47. The maximum atomic E-state index is 12.9. The van der Waals surface area contributed by atoms with Crippen molar-refractivity contribution in [2.24, 2.45) is 0 Å². The first-order chi connectivity index (χ1) is 12.2. The van der Waals surface area contributed by atoms with Gasteiger partial charge < -0.3 is 9.42 Å². The molecule has 1 unspecified atom stereocenters. The van der Waals surface area contributed by atoms with Gasteiger partial charge in [-0.2, -0.15) is 0 Å². The van der Waals surface area contributed by atoms with Crippen molar-refractivity contribution in [2.75, 3.05) is 6.54 Å². The van der Waals surface area contributed by atoms with Crippen molar-refractivity contribution in [3.63, 3.8) is 0 Å². The van der Waals surface area contributed by atoms with Crippen molar-refractivity contribution in [3.8, 4) is 11.3 Å². The highest BCUT2D eigenvalue weighted by molar-refractivity contribution is 6.30. The first kappa shape index (κ1) is 15.8. The first-order valence-corrected chi connectivity index (χ1v) is 8.54. The van der Waals surface area contributed by atoms with Crippen molar-refractivity contribution in [1.29, 1.82) is 0 Å². The minimum absolute atomic E-state index is 0.0183. The summed E-state index contributed by atoms with van der Waals surface area (Å²) in [6.07, 6.45) is 5.24. The molecular weight excluding hydrogens is 338 g/mol. The number of pyridine rings is 1. The number of carbonyl (C=O) groups is 1. The van der Waals surface area contributed by atoms with Crippen molar-refractivity contribution in [1.82, 2.24) is 15.0 Å². The van der Waals surface area contributed by atoms with Gasteiger partial charge in [-0.15, -0.1) is 0 Å². The highest BCUT2D eigenvalue weighted by Crippen LogP contribution is 2.34. The van der Waals surface area contributed by atoms with Crippen LogP contribution in [-0.4, -0.2) is 27.5 Å². The fourth-order valence-corrected chi connectivity index (χ4v) is 3.44. The largest absolute Gasteiger partial charge is 0.355 e. The Labute approximate surface area is 150 Å². The highest BCUT2D eigenvalue weighted by atomic mass is 35.5. The van der Waals surface area contributed by atoms with Gasteiger partial charge >= 0.3 is 0 Å². The molecule has 6 heteroatoms. The highest BCUT2D eigenvalue weighted by Gasteiger charge is 2.32. The molecule has 2 aromatic heterocycles. The molecule has 0 N–H and O–H groups in total. The average molecular weight is 354 g/mol. The number of nitrogens with zero attached hydrogens (tertiary/aromatic N) is 3. The molecule has 25 heavy (non-hydrogen) atoms. The number of benzene rings is 1. The van der Waals surface area contributed by atoms with Gasteiger partial charge in [-0.3, -0.25) is 9.78 Å². The van der Waals surface area contributed by atoms with Gasteiger partial charge in [0.1, 0.15) is 0 Å². The standard InChI is InChI=1S/C19H16ClN3O2/c20-15-6-1-4-13(10-15)17-7-3-9-23(17)19(24)16-11-18(25-22-16)14-5-2-8-21-12-14/h1-2,4-6,8,10-12,17H,3,7,9H2. The van der Waals surface area contributed by atoms with Crippen molar-refractivity contribution < 1.29 is 9.32 Å². The van der Waals surface area contributed by atoms with Crippen molar-refractivity contribution >= 4 is 17.5 Å². The summed E-state index contributed by atoms with van der Waals surface area (Å²) in [5, 5.41) is 4.64. The van der Waals surface area contributed by atoms with Crippen LogP contribution in [0, 0.1) is 0 Å². The summed E-state index contributed by atoms with van der Waals surface area (Å²) >= 11 is 6.10. The molecule has 126 valence electrons. The lowest BCUT2D eigenvalue weighted by Gasteiger charge is -2.24. The number of aromatic nitrogens is 2. The number of halogens is 1.